The summed E-state index contributed by atoms with van der Waals surface area (Å²) in [4.78, 5) is 6.31. The summed E-state index contributed by atoms with van der Waals surface area (Å²) in [5.41, 5.74) is 7.96. The van der Waals surface area contributed by atoms with Crippen LogP contribution in [0.4, 0.5) is 10.8 Å². The van der Waals surface area contributed by atoms with Crippen LogP contribution in [0.3, 0.4) is 0 Å². The van der Waals surface area contributed by atoms with Gasteiger partial charge in [0.1, 0.15) is 10.8 Å². The SMILES string of the molecule is CC(C)N(C)c1snc(N)c1-c1cccnc1. The Hall–Kier alpha value is -1.62. The third-order valence-corrected chi connectivity index (χ3v) is 3.70. The molecule has 2 N–H and O–H groups in total. The van der Waals surface area contributed by atoms with E-state index in [2.05, 4.69) is 35.2 Å². The smallest absolute Gasteiger partial charge is 0.147 e. The first kappa shape index (κ1) is 11.9. The van der Waals surface area contributed by atoms with Gasteiger partial charge in [-0.15, -0.1) is 0 Å². The minimum absolute atomic E-state index is 0.408. The normalized spacial score (nSPS) is 10.8. The van der Waals surface area contributed by atoms with Crippen LogP contribution in [-0.2, 0) is 0 Å². The standard InChI is InChI=1S/C12H16N4S/c1-8(2)16(3)12-10(11(13)15-17-12)9-5-4-6-14-7-9/h4-8H,1-3H3,(H2,13,15). The molecule has 2 aromatic heterocycles. The van der Waals surface area contributed by atoms with Crippen LogP contribution in [0.2, 0.25) is 0 Å². The van der Waals surface area contributed by atoms with Crippen molar-refractivity contribution in [3.05, 3.63) is 24.5 Å². The number of hydrogen-bond donors (Lipinski definition) is 1. The van der Waals surface area contributed by atoms with Gasteiger partial charge in [-0.2, -0.15) is 4.37 Å². The van der Waals surface area contributed by atoms with Crippen LogP contribution in [0.15, 0.2) is 24.5 Å². The first-order valence-electron chi connectivity index (χ1n) is 5.49. The van der Waals surface area contributed by atoms with Gasteiger partial charge in [-0.05, 0) is 31.4 Å². The predicted molar refractivity (Wildman–Crippen MR) is 73.3 cm³/mol. The highest BCUT2D eigenvalue weighted by Gasteiger charge is 2.18. The minimum atomic E-state index is 0.408. The van der Waals surface area contributed by atoms with E-state index in [-0.39, 0.29) is 0 Å². The van der Waals surface area contributed by atoms with Gasteiger partial charge in [0.05, 0.1) is 5.56 Å². The van der Waals surface area contributed by atoms with Gasteiger partial charge in [-0.3, -0.25) is 4.98 Å². The van der Waals surface area contributed by atoms with Gasteiger partial charge in [0.2, 0.25) is 0 Å². The molecular weight excluding hydrogens is 232 g/mol. The average molecular weight is 248 g/mol. The van der Waals surface area contributed by atoms with Gasteiger partial charge in [0, 0.05) is 31.0 Å². The quantitative estimate of drug-likeness (QED) is 0.907. The Labute approximate surface area is 105 Å². The van der Waals surface area contributed by atoms with E-state index in [4.69, 9.17) is 5.73 Å². The van der Waals surface area contributed by atoms with Crippen LogP contribution in [0.25, 0.3) is 11.1 Å². The van der Waals surface area contributed by atoms with Crippen molar-refractivity contribution in [1.29, 1.82) is 0 Å². The summed E-state index contributed by atoms with van der Waals surface area (Å²) in [5, 5.41) is 1.09. The summed E-state index contributed by atoms with van der Waals surface area (Å²) in [7, 11) is 2.05. The summed E-state index contributed by atoms with van der Waals surface area (Å²) in [6, 6.07) is 4.32. The highest BCUT2D eigenvalue weighted by Crippen LogP contribution is 2.38. The van der Waals surface area contributed by atoms with Crippen LogP contribution in [0.5, 0.6) is 0 Å². The third kappa shape index (κ3) is 2.24. The van der Waals surface area contributed by atoms with E-state index in [0.29, 0.717) is 11.9 Å². The summed E-state index contributed by atoms with van der Waals surface area (Å²) in [6.45, 7) is 4.28. The summed E-state index contributed by atoms with van der Waals surface area (Å²) in [5.74, 6) is 0.575. The molecule has 0 bridgehead atoms. The Balaban J connectivity index is 2.51. The number of nitrogen functional groups attached to an aromatic ring is 1. The fraction of sp³-hybridized carbons (Fsp3) is 0.333. The summed E-state index contributed by atoms with van der Waals surface area (Å²) in [6.07, 6.45) is 3.57. The molecule has 0 unspecified atom stereocenters. The molecule has 0 spiro atoms. The second kappa shape index (κ2) is 4.71. The van der Waals surface area contributed by atoms with Crippen molar-refractivity contribution < 1.29 is 0 Å². The minimum Gasteiger partial charge on any atom is -0.382 e. The molecule has 5 heteroatoms. The molecule has 0 amide bonds. The van der Waals surface area contributed by atoms with Crippen molar-refractivity contribution in [1.82, 2.24) is 9.36 Å². The molecule has 4 nitrogen and oxygen atoms in total. The Morgan fingerprint density at radius 3 is 2.76 bits per heavy atom. The maximum absolute atomic E-state index is 5.96. The Kier molecular flexibility index (Phi) is 3.28. The third-order valence-electron chi connectivity index (χ3n) is 2.75. The van der Waals surface area contributed by atoms with E-state index in [1.807, 2.05) is 18.3 Å². The zero-order valence-corrected chi connectivity index (χ0v) is 11.0. The van der Waals surface area contributed by atoms with E-state index in [9.17, 15) is 0 Å². The Morgan fingerprint density at radius 1 is 1.41 bits per heavy atom. The van der Waals surface area contributed by atoms with E-state index >= 15 is 0 Å². The van der Waals surface area contributed by atoms with Crippen LogP contribution in [-0.4, -0.2) is 22.4 Å². The molecule has 0 aliphatic rings. The molecule has 0 aliphatic heterocycles. The molecule has 0 aromatic carbocycles. The lowest BCUT2D eigenvalue weighted by atomic mass is 10.1. The molecule has 0 atom stereocenters. The molecule has 0 aliphatic carbocycles. The largest absolute Gasteiger partial charge is 0.382 e. The van der Waals surface area contributed by atoms with E-state index in [1.54, 1.807) is 6.20 Å². The fourth-order valence-electron chi connectivity index (χ4n) is 1.55. The maximum atomic E-state index is 5.96. The maximum Gasteiger partial charge on any atom is 0.147 e. The van der Waals surface area contributed by atoms with Gasteiger partial charge in [0.25, 0.3) is 0 Å². The monoisotopic (exact) mass is 248 g/mol. The number of pyridine rings is 1. The lowest BCUT2D eigenvalue weighted by Gasteiger charge is -2.22. The lowest BCUT2D eigenvalue weighted by Crippen LogP contribution is -2.25. The number of rotatable bonds is 3. The van der Waals surface area contributed by atoms with Gasteiger partial charge in [-0.25, -0.2) is 0 Å². The molecule has 17 heavy (non-hydrogen) atoms. The molecule has 2 heterocycles. The van der Waals surface area contributed by atoms with Crippen molar-refractivity contribution in [2.24, 2.45) is 0 Å². The van der Waals surface area contributed by atoms with Crippen LogP contribution in [0.1, 0.15) is 13.8 Å². The molecule has 2 rings (SSSR count). The number of aromatic nitrogens is 2. The number of hydrogen-bond acceptors (Lipinski definition) is 5. The summed E-state index contributed by atoms with van der Waals surface area (Å²) < 4.78 is 4.25. The fourth-order valence-corrected chi connectivity index (χ4v) is 2.48. The van der Waals surface area contributed by atoms with Crippen LogP contribution in [0, 0.1) is 0 Å². The Morgan fingerprint density at radius 2 is 2.18 bits per heavy atom. The first-order chi connectivity index (χ1) is 8.11. The lowest BCUT2D eigenvalue weighted by molar-refractivity contribution is 0.761. The highest BCUT2D eigenvalue weighted by molar-refractivity contribution is 7.11. The topological polar surface area (TPSA) is 55.0 Å². The van der Waals surface area contributed by atoms with E-state index in [0.717, 1.165) is 16.1 Å². The van der Waals surface area contributed by atoms with Crippen molar-refractivity contribution in [3.8, 4) is 11.1 Å². The van der Waals surface area contributed by atoms with Crippen molar-refractivity contribution in [2.75, 3.05) is 17.7 Å². The second-order valence-electron chi connectivity index (χ2n) is 4.19. The van der Waals surface area contributed by atoms with E-state index in [1.165, 1.54) is 11.5 Å². The van der Waals surface area contributed by atoms with Crippen molar-refractivity contribution in [2.45, 2.75) is 19.9 Å². The van der Waals surface area contributed by atoms with Crippen molar-refractivity contribution >= 4 is 22.4 Å². The molecule has 0 saturated carbocycles. The van der Waals surface area contributed by atoms with Gasteiger partial charge in [0.15, 0.2) is 0 Å². The molecule has 0 fully saturated rings. The molecule has 0 radical (unpaired) electrons. The zero-order valence-electron chi connectivity index (χ0n) is 10.2. The van der Waals surface area contributed by atoms with Crippen LogP contribution >= 0.6 is 11.5 Å². The number of nitrogens with two attached hydrogens (primary N) is 1. The van der Waals surface area contributed by atoms with Crippen LogP contribution < -0.4 is 10.6 Å². The molecular formula is C12H16N4S. The molecule has 90 valence electrons. The Bertz CT molecular complexity index is 492. The summed E-state index contributed by atoms with van der Waals surface area (Å²) >= 11 is 1.43. The second-order valence-corrected chi connectivity index (χ2v) is 4.95. The number of nitrogens with zero attached hydrogens (tertiary/aromatic N) is 3. The highest BCUT2D eigenvalue weighted by atomic mass is 32.1. The van der Waals surface area contributed by atoms with Gasteiger partial charge in [-0.1, -0.05) is 6.07 Å². The first-order valence-corrected chi connectivity index (χ1v) is 6.27. The van der Waals surface area contributed by atoms with E-state index < -0.39 is 0 Å². The molecule has 0 saturated heterocycles. The van der Waals surface area contributed by atoms with Gasteiger partial charge < -0.3 is 10.6 Å². The zero-order chi connectivity index (χ0) is 12.4. The van der Waals surface area contributed by atoms with Gasteiger partial charge >= 0.3 is 0 Å². The van der Waals surface area contributed by atoms with Crippen molar-refractivity contribution in [3.63, 3.8) is 0 Å². The predicted octanol–water partition coefficient (Wildman–Crippen LogP) is 2.63. The molecule has 2 aromatic rings. The number of anilines is 2. The average Bonchev–Trinajstić information content (AvgIpc) is 2.71.